The van der Waals surface area contributed by atoms with E-state index in [1.165, 1.54) is 31.2 Å². The zero-order chi connectivity index (χ0) is 28.1. The lowest BCUT2D eigenvalue weighted by Gasteiger charge is -2.25. The molecule has 15 nitrogen and oxygen atoms in total. The van der Waals surface area contributed by atoms with Crippen molar-refractivity contribution in [3.05, 3.63) is 29.8 Å². The van der Waals surface area contributed by atoms with Crippen LogP contribution in [0.4, 0.5) is 0 Å². The number of aliphatic carboxylic acids is 1. The fourth-order valence-electron chi connectivity index (χ4n) is 3.06. The Balaban J connectivity index is 2.96. The maximum atomic E-state index is 13.0. The normalized spacial score (nSPS) is 14.8. The molecule has 0 aliphatic heterocycles. The van der Waals surface area contributed by atoms with Crippen molar-refractivity contribution < 1.29 is 39.6 Å². The lowest BCUT2D eigenvalue weighted by molar-refractivity contribution is -0.142. The van der Waals surface area contributed by atoms with Crippen molar-refractivity contribution in [2.24, 2.45) is 22.2 Å². The molecule has 206 valence electrons. The molecule has 0 spiro atoms. The highest BCUT2D eigenvalue weighted by atomic mass is 16.4. The number of phenolic OH excluding ortho intramolecular Hbond substituents is 1. The summed E-state index contributed by atoms with van der Waals surface area (Å²) in [6, 6.07) is 0.230. The van der Waals surface area contributed by atoms with Crippen LogP contribution in [0.3, 0.4) is 0 Å². The molecule has 1 aromatic carbocycles. The second-order valence-corrected chi connectivity index (χ2v) is 8.29. The minimum atomic E-state index is -1.54. The molecule has 1 aromatic rings. The third-order valence-electron chi connectivity index (χ3n) is 5.21. The van der Waals surface area contributed by atoms with Crippen LogP contribution >= 0.6 is 0 Å². The summed E-state index contributed by atoms with van der Waals surface area (Å²) in [6.45, 7) is 0.558. The van der Waals surface area contributed by atoms with E-state index < -0.39 is 60.6 Å². The number of aliphatic hydroxyl groups excluding tert-OH is 2. The number of rotatable bonds is 15. The van der Waals surface area contributed by atoms with Gasteiger partial charge in [0.25, 0.3) is 0 Å². The molecule has 0 heterocycles. The number of aromatic hydroxyl groups is 1. The van der Waals surface area contributed by atoms with Crippen molar-refractivity contribution >= 4 is 29.7 Å². The molecule has 15 heteroatoms. The largest absolute Gasteiger partial charge is 0.508 e. The number of carbonyl (C=O) groups is 4. The van der Waals surface area contributed by atoms with E-state index in [9.17, 15) is 39.6 Å². The number of guanidine groups is 1. The van der Waals surface area contributed by atoms with Crippen LogP contribution in [0.2, 0.25) is 0 Å². The lowest BCUT2D eigenvalue weighted by Crippen LogP contribution is -2.59. The number of phenols is 1. The predicted octanol–water partition coefficient (Wildman–Crippen LogP) is -3.77. The standard InChI is InChI=1S/C22H35N7O8/c1-11(31)17(23)20(35)28-15(9-12-4-6-13(32)7-5-12)18(33)29-16(10-30)19(34)27-14(21(36)37)3-2-8-26-22(24)25/h4-7,11,14-17,30-32H,2-3,8-10,23H2,1H3,(H,27,34)(H,28,35)(H,29,33)(H,36,37)(H4,24,25,26). The lowest BCUT2D eigenvalue weighted by atomic mass is 10.0. The number of hydrogen-bond donors (Lipinski definition) is 10. The molecule has 0 saturated heterocycles. The van der Waals surface area contributed by atoms with Crippen molar-refractivity contribution in [2.75, 3.05) is 13.2 Å². The maximum absolute atomic E-state index is 13.0. The summed E-state index contributed by atoms with van der Waals surface area (Å²) in [5.74, 6) is -4.22. The van der Waals surface area contributed by atoms with E-state index in [0.29, 0.717) is 5.56 Å². The first-order valence-electron chi connectivity index (χ1n) is 11.4. The average Bonchev–Trinajstić information content (AvgIpc) is 2.83. The van der Waals surface area contributed by atoms with Crippen LogP contribution in [0.1, 0.15) is 25.3 Å². The molecule has 0 aliphatic rings. The molecule has 0 fully saturated rings. The van der Waals surface area contributed by atoms with Crippen LogP contribution in [0, 0.1) is 0 Å². The summed E-state index contributed by atoms with van der Waals surface area (Å²) >= 11 is 0. The molecule has 5 atom stereocenters. The van der Waals surface area contributed by atoms with Crippen molar-refractivity contribution in [3.63, 3.8) is 0 Å². The van der Waals surface area contributed by atoms with E-state index >= 15 is 0 Å². The molecule has 1 rings (SSSR count). The fourth-order valence-corrected chi connectivity index (χ4v) is 3.06. The Labute approximate surface area is 213 Å². The Hall–Kier alpha value is -3.95. The molecular weight excluding hydrogens is 490 g/mol. The van der Waals surface area contributed by atoms with Gasteiger partial charge in [0, 0.05) is 13.0 Å². The number of aliphatic imine (C=N–C) groups is 1. The highest BCUT2D eigenvalue weighted by Gasteiger charge is 2.30. The van der Waals surface area contributed by atoms with Gasteiger partial charge < -0.3 is 53.6 Å². The average molecular weight is 526 g/mol. The number of carboxylic acid groups (broad SMARTS) is 1. The zero-order valence-electron chi connectivity index (χ0n) is 20.3. The van der Waals surface area contributed by atoms with Gasteiger partial charge in [-0.15, -0.1) is 0 Å². The molecule has 3 amide bonds. The number of carboxylic acids is 1. The van der Waals surface area contributed by atoms with Gasteiger partial charge in [0.1, 0.15) is 29.9 Å². The van der Waals surface area contributed by atoms with Crippen LogP contribution in [-0.4, -0.2) is 93.5 Å². The molecule has 0 aliphatic carbocycles. The number of benzene rings is 1. The quantitative estimate of drug-likeness (QED) is 0.0602. The summed E-state index contributed by atoms with van der Waals surface area (Å²) in [7, 11) is 0. The molecular formula is C22H35N7O8. The van der Waals surface area contributed by atoms with Gasteiger partial charge in [-0.25, -0.2) is 4.79 Å². The number of amides is 3. The minimum Gasteiger partial charge on any atom is -0.508 e. The number of hydrogen-bond acceptors (Lipinski definition) is 9. The van der Waals surface area contributed by atoms with Gasteiger partial charge in [-0.2, -0.15) is 0 Å². The van der Waals surface area contributed by atoms with Gasteiger partial charge >= 0.3 is 5.97 Å². The first kappa shape index (κ1) is 31.1. The summed E-state index contributed by atoms with van der Waals surface area (Å²) in [5.41, 5.74) is 16.6. The second kappa shape index (κ2) is 15.2. The van der Waals surface area contributed by atoms with Crippen LogP contribution in [0.25, 0.3) is 0 Å². The third-order valence-corrected chi connectivity index (χ3v) is 5.21. The number of carbonyl (C=O) groups excluding carboxylic acids is 3. The Morgan fingerprint density at radius 2 is 1.49 bits per heavy atom. The minimum absolute atomic E-state index is 0.0202. The van der Waals surface area contributed by atoms with E-state index in [-0.39, 0.29) is 37.5 Å². The van der Waals surface area contributed by atoms with E-state index in [1.807, 2.05) is 0 Å². The van der Waals surface area contributed by atoms with E-state index in [4.69, 9.17) is 17.2 Å². The molecule has 0 aromatic heterocycles. The van der Waals surface area contributed by atoms with Crippen molar-refractivity contribution in [1.29, 1.82) is 0 Å². The molecule has 37 heavy (non-hydrogen) atoms. The Morgan fingerprint density at radius 3 is 2.00 bits per heavy atom. The van der Waals surface area contributed by atoms with E-state index in [2.05, 4.69) is 20.9 Å². The van der Waals surface area contributed by atoms with E-state index in [1.54, 1.807) is 0 Å². The third kappa shape index (κ3) is 11.1. The topological polar surface area (TPSA) is 276 Å². The summed E-state index contributed by atoms with van der Waals surface area (Å²) in [6.07, 6.45) is -1.10. The summed E-state index contributed by atoms with van der Waals surface area (Å²) in [4.78, 5) is 53.2. The van der Waals surface area contributed by atoms with Crippen LogP contribution in [-0.2, 0) is 25.6 Å². The Kier molecular flexibility index (Phi) is 12.8. The number of nitrogens with two attached hydrogens (primary N) is 3. The van der Waals surface area contributed by atoms with Crippen LogP contribution in [0.5, 0.6) is 5.75 Å². The van der Waals surface area contributed by atoms with Crippen molar-refractivity contribution in [2.45, 2.75) is 56.5 Å². The van der Waals surface area contributed by atoms with Gasteiger partial charge in [-0.1, -0.05) is 12.1 Å². The highest BCUT2D eigenvalue weighted by Crippen LogP contribution is 2.12. The van der Waals surface area contributed by atoms with Crippen LogP contribution in [0.15, 0.2) is 29.3 Å². The molecule has 0 bridgehead atoms. The van der Waals surface area contributed by atoms with Gasteiger partial charge in [0.05, 0.1) is 12.7 Å². The fraction of sp³-hybridized carbons (Fsp3) is 0.500. The molecule has 13 N–H and O–H groups in total. The number of aliphatic hydroxyl groups is 2. The van der Waals surface area contributed by atoms with Gasteiger partial charge in [0.2, 0.25) is 17.7 Å². The highest BCUT2D eigenvalue weighted by molar-refractivity contribution is 5.94. The zero-order valence-corrected chi connectivity index (χ0v) is 20.3. The Morgan fingerprint density at radius 1 is 0.946 bits per heavy atom. The summed E-state index contributed by atoms with van der Waals surface area (Å²) in [5, 5.41) is 45.0. The predicted molar refractivity (Wildman–Crippen MR) is 132 cm³/mol. The van der Waals surface area contributed by atoms with Gasteiger partial charge in [-0.05, 0) is 37.5 Å². The Bertz CT molecular complexity index is 951. The smallest absolute Gasteiger partial charge is 0.326 e. The van der Waals surface area contributed by atoms with Crippen molar-refractivity contribution in [3.8, 4) is 5.75 Å². The second-order valence-electron chi connectivity index (χ2n) is 8.29. The first-order valence-corrected chi connectivity index (χ1v) is 11.4. The van der Waals surface area contributed by atoms with E-state index in [0.717, 1.165) is 0 Å². The first-order chi connectivity index (χ1) is 17.3. The van der Waals surface area contributed by atoms with Crippen molar-refractivity contribution in [1.82, 2.24) is 16.0 Å². The number of nitrogens with one attached hydrogen (secondary N) is 3. The van der Waals surface area contributed by atoms with Gasteiger partial charge in [0.15, 0.2) is 5.96 Å². The number of nitrogens with zero attached hydrogens (tertiary/aromatic N) is 1. The maximum Gasteiger partial charge on any atom is 0.326 e. The monoisotopic (exact) mass is 525 g/mol. The SMILES string of the molecule is CC(O)C(N)C(=O)NC(Cc1ccc(O)cc1)C(=O)NC(CO)C(=O)NC(CCCN=C(N)N)C(=O)O. The van der Waals surface area contributed by atoms with Gasteiger partial charge in [-0.3, -0.25) is 19.4 Å². The molecule has 5 unspecified atom stereocenters. The van der Waals surface area contributed by atoms with Crippen LogP contribution < -0.4 is 33.2 Å². The summed E-state index contributed by atoms with van der Waals surface area (Å²) < 4.78 is 0. The molecule has 0 radical (unpaired) electrons. The molecule has 0 saturated carbocycles.